The van der Waals surface area contributed by atoms with E-state index in [9.17, 15) is 29.1 Å². The summed E-state index contributed by atoms with van der Waals surface area (Å²) in [4.78, 5) is 71.6. The van der Waals surface area contributed by atoms with Crippen molar-refractivity contribution in [3.63, 3.8) is 0 Å². The third kappa shape index (κ3) is 8.67. The van der Waals surface area contributed by atoms with Crippen LogP contribution >= 0.6 is 0 Å². The second kappa shape index (κ2) is 15.8. The fraction of sp³-hybridized carbons (Fsp3) is 0.300. The number of esters is 1. The van der Waals surface area contributed by atoms with Crippen LogP contribution in [0.4, 0.5) is 0 Å². The standard InChI is InChI=1S/C40H41N3O8/c1-24(2)36(42-37(47)30-18-17-28-15-8-9-16-29(28)19-30)32-22-40(51-43-32,21-27-13-6-5-7-14-27)39(49)41-31(20-34(45)46)33(44)23-50-38(48)35-25(3)11-10-12-26(35)4/h5-19,24,31,36H,20-23H2,1-4H3,(H,41,49)(H,42,47)(H,45,46)/t31-,36-,40?/m0/s1. The number of aliphatic carboxylic acids is 1. The predicted octanol–water partition coefficient (Wildman–Crippen LogP) is 5.35. The molecule has 0 radical (unpaired) electrons. The molecule has 264 valence electrons. The molecule has 3 N–H and O–H groups in total. The molecule has 0 bridgehead atoms. The molecule has 1 aliphatic heterocycles. The lowest BCUT2D eigenvalue weighted by Crippen LogP contribution is -2.55. The van der Waals surface area contributed by atoms with Crippen molar-refractivity contribution in [2.45, 2.75) is 64.6 Å². The predicted molar refractivity (Wildman–Crippen MR) is 191 cm³/mol. The Morgan fingerprint density at radius 3 is 2.20 bits per heavy atom. The average molecular weight is 692 g/mol. The average Bonchev–Trinajstić information content (AvgIpc) is 3.53. The van der Waals surface area contributed by atoms with E-state index in [4.69, 9.17) is 9.57 Å². The van der Waals surface area contributed by atoms with Gasteiger partial charge >= 0.3 is 11.9 Å². The van der Waals surface area contributed by atoms with Gasteiger partial charge in [0.15, 0.2) is 12.4 Å². The van der Waals surface area contributed by atoms with E-state index in [1.54, 1.807) is 56.3 Å². The third-order valence-corrected chi connectivity index (χ3v) is 8.98. The highest BCUT2D eigenvalue weighted by Crippen LogP contribution is 2.32. The summed E-state index contributed by atoms with van der Waals surface area (Å²) in [6, 6.07) is 25.3. The quantitative estimate of drug-likeness (QED) is 0.149. The number of ketones is 1. The number of aryl methyl sites for hydroxylation is 2. The number of oxime groups is 1. The van der Waals surface area contributed by atoms with Crippen LogP contribution in [-0.4, -0.2) is 64.6 Å². The molecule has 4 aromatic carbocycles. The molecule has 3 atom stereocenters. The molecule has 51 heavy (non-hydrogen) atoms. The van der Waals surface area contributed by atoms with Gasteiger partial charge in [-0.3, -0.25) is 19.2 Å². The van der Waals surface area contributed by atoms with E-state index < -0.39 is 54.3 Å². The minimum atomic E-state index is -1.68. The van der Waals surface area contributed by atoms with Crippen molar-refractivity contribution < 1.29 is 38.7 Å². The van der Waals surface area contributed by atoms with Crippen molar-refractivity contribution >= 4 is 46.0 Å². The van der Waals surface area contributed by atoms with E-state index >= 15 is 0 Å². The van der Waals surface area contributed by atoms with E-state index in [2.05, 4.69) is 15.8 Å². The highest BCUT2D eigenvalue weighted by molar-refractivity contribution is 6.05. The molecule has 0 spiro atoms. The zero-order valence-electron chi connectivity index (χ0n) is 29.0. The number of nitrogens with one attached hydrogen (secondary N) is 2. The summed E-state index contributed by atoms with van der Waals surface area (Å²) in [6.45, 7) is 6.54. The normalized spacial score (nSPS) is 16.5. The van der Waals surface area contributed by atoms with Crippen molar-refractivity contribution in [3.8, 4) is 0 Å². The largest absolute Gasteiger partial charge is 0.481 e. The van der Waals surface area contributed by atoms with Crippen molar-refractivity contribution in [1.82, 2.24) is 10.6 Å². The maximum absolute atomic E-state index is 14.2. The molecule has 0 aromatic heterocycles. The number of amides is 2. The van der Waals surface area contributed by atoms with Gasteiger partial charge in [-0.2, -0.15) is 0 Å². The molecule has 5 rings (SSSR count). The Morgan fingerprint density at radius 2 is 1.53 bits per heavy atom. The highest BCUT2D eigenvalue weighted by Gasteiger charge is 2.49. The van der Waals surface area contributed by atoms with Crippen LogP contribution in [0.25, 0.3) is 10.8 Å². The van der Waals surface area contributed by atoms with Crippen LogP contribution in [0.1, 0.15) is 64.1 Å². The van der Waals surface area contributed by atoms with E-state index in [0.717, 1.165) is 16.3 Å². The van der Waals surface area contributed by atoms with Crippen molar-refractivity contribution in [3.05, 3.63) is 119 Å². The summed E-state index contributed by atoms with van der Waals surface area (Å²) in [5.74, 6) is -4.12. The minimum absolute atomic E-state index is 0.0334. The number of carboxylic acid groups (broad SMARTS) is 1. The van der Waals surface area contributed by atoms with Gasteiger partial charge in [0, 0.05) is 18.4 Å². The number of carboxylic acids is 1. The van der Waals surface area contributed by atoms with Crippen molar-refractivity contribution in [2.75, 3.05) is 6.61 Å². The van der Waals surface area contributed by atoms with Gasteiger partial charge in [0.1, 0.15) is 6.04 Å². The van der Waals surface area contributed by atoms with E-state index in [1.165, 1.54) is 0 Å². The fourth-order valence-electron chi connectivity index (χ4n) is 6.24. The Kier molecular flexibility index (Phi) is 11.3. The number of carbonyl (C=O) groups is 5. The molecule has 2 amide bonds. The molecule has 4 aromatic rings. The van der Waals surface area contributed by atoms with Crippen LogP contribution in [0.15, 0.2) is 96.2 Å². The molecule has 11 heteroatoms. The second-order valence-electron chi connectivity index (χ2n) is 13.2. The van der Waals surface area contributed by atoms with Gasteiger partial charge < -0.3 is 25.3 Å². The van der Waals surface area contributed by atoms with Gasteiger partial charge in [-0.15, -0.1) is 0 Å². The number of hydrogen-bond donors (Lipinski definition) is 3. The Labute approximate surface area is 296 Å². The fourth-order valence-corrected chi connectivity index (χ4v) is 6.24. The highest BCUT2D eigenvalue weighted by atomic mass is 16.7. The van der Waals surface area contributed by atoms with Gasteiger partial charge in [0.05, 0.1) is 23.7 Å². The number of rotatable bonds is 14. The van der Waals surface area contributed by atoms with Crippen LogP contribution in [-0.2, 0) is 30.4 Å². The Balaban J connectivity index is 1.35. The summed E-state index contributed by atoms with van der Waals surface area (Å²) in [5.41, 5.74) is 1.55. The number of ether oxygens (including phenoxy) is 1. The maximum Gasteiger partial charge on any atom is 0.339 e. The molecule has 0 fully saturated rings. The Bertz CT molecular complexity index is 1970. The third-order valence-electron chi connectivity index (χ3n) is 8.98. The lowest BCUT2D eigenvalue weighted by molar-refractivity contribution is -0.148. The van der Waals surface area contributed by atoms with Gasteiger partial charge in [-0.25, -0.2) is 4.79 Å². The van der Waals surface area contributed by atoms with Gasteiger partial charge in [-0.1, -0.05) is 97.9 Å². The molecule has 11 nitrogen and oxygen atoms in total. The van der Waals surface area contributed by atoms with Gasteiger partial charge in [-0.05, 0) is 59.4 Å². The van der Waals surface area contributed by atoms with Crippen LogP contribution in [0.2, 0.25) is 0 Å². The first-order valence-corrected chi connectivity index (χ1v) is 16.7. The van der Waals surface area contributed by atoms with Crippen LogP contribution in [0.5, 0.6) is 0 Å². The topological polar surface area (TPSA) is 160 Å². The number of hydrogen-bond acceptors (Lipinski definition) is 8. The van der Waals surface area contributed by atoms with Crippen LogP contribution < -0.4 is 10.6 Å². The van der Waals surface area contributed by atoms with Crippen molar-refractivity contribution in [2.24, 2.45) is 11.1 Å². The summed E-state index contributed by atoms with van der Waals surface area (Å²) >= 11 is 0. The summed E-state index contributed by atoms with van der Waals surface area (Å²) in [7, 11) is 0. The SMILES string of the molecule is Cc1cccc(C)c1C(=O)OCC(=O)[C@H](CC(=O)O)NC(=O)C1(Cc2ccccc2)CC([C@@H](NC(=O)c2ccc3ccccc3c2)C(C)C)=NO1. The lowest BCUT2D eigenvalue weighted by Gasteiger charge is -2.29. The van der Waals surface area contributed by atoms with E-state index in [0.29, 0.717) is 28.0 Å². The smallest absolute Gasteiger partial charge is 0.339 e. The number of benzene rings is 4. The van der Waals surface area contributed by atoms with Crippen molar-refractivity contribution in [1.29, 1.82) is 0 Å². The lowest BCUT2D eigenvalue weighted by atomic mass is 9.84. The zero-order valence-corrected chi connectivity index (χ0v) is 29.0. The number of carbonyl (C=O) groups excluding carboxylic acids is 4. The number of nitrogens with zero attached hydrogens (tertiary/aromatic N) is 1. The summed E-state index contributed by atoms with van der Waals surface area (Å²) in [5, 5.41) is 21.5. The zero-order chi connectivity index (χ0) is 36.7. The first kappa shape index (κ1) is 36.4. The second-order valence-corrected chi connectivity index (χ2v) is 13.2. The molecule has 0 saturated carbocycles. The van der Waals surface area contributed by atoms with E-state index in [1.807, 2.05) is 62.4 Å². The maximum atomic E-state index is 14.2. The number of fused-ring (bicyclic) bond motifs is 1. The molecular weight excluding hydrogens is 650 g/mol. The first-order chi connectivity index (χ1) is 24.4. The molecular formula is C40H41N3O8. The summed E-state index contributed by atoms with van der Waals surface area (Å²) in [6.07, 6.45) is -0.771. The Hall–Kier alpha value is -5.84. The van der Waals surface area contributed by atoms with E-state index in [-0.39, 0.29) is 24.7 Å². The molecule has 1 unspecified atom stereocenters. The molecule has 1 aliphatic rings. The Morgan fingerprint density at radius 1 is 0.863 bits per heavy atom. The number of Topliss-reactive ketones (excluding diaryl/α,β-unsaturated/α-hetero) is 1. The van der Waals surface area contributed by atoms with Crippen LogP contribution in [0.3, 0.4) is 0 Å². The molecule has 0 aliphatic carbocycles. The summed E-state index contributed by atoms with van der Waals surface area (Å²) < 4.78 is 5.29. The van der Waals surface area contributed by atoms with Gasteiger partial charge in [0.25, 0.3) is 11.8 Å². The molecule has 1 heterocycles. The first-order valence-electron chi connectivity index (χ1n) is 16.7. The minimum Gasteiger partial charge on any atom is -0.481 e. The molecule has 0 saturated heterocycles. The van der Waals surface area contributed by atoms with Crippen LogP contribution in [0, 0.1) is 19.8 Å². The van der Waals surface area contributed by atoms with Gasteiger partial charge in [0.2, 0.25) is 5.60 Å². The monoisotopic (exact) mass is 691 g/mol.